The molecule has 3 N–H and O–H groups in total. The largest absolute Gasteiger partial charge is 0.445 e. The molecule has 0 bridgehead atoms. The molecule has 0 saturated carbocycles. The van der Waals surface area contributed by atoms with E-state index in [0.29, 0.717) is 0 Å². The van der Waals surface area contributed by atoms with Crippen molar-refractivity contribution in [3.63, 3.8) is 0 Å². The predicted octanol–water partition coefficient (Wildman–Crippen LogP) is 0.882. The van der Waals surface area contributed by atoms with Crippen molar-refractivity contribution >= 4 is 6.09 Å². The fourth-order valence-electron chi connectivity index (χ4n) is 2.10. The number of carbonyl (C=O) groups is 1. The van der Waals surface area contributed by atoms with Crippen LogP contribution < -0.4 is 10.6 Å². The zero-order valence-electron chi connectivity index (χ0n) is 11.0. The van der Waals surface area contributed by atoms with E-state index in [-0.39, 0.29) is 18.6 Å². The quantitative estimate of drug-likeness (QED) is 0.738. The normalized spacial score (nSPS) is 18.2. The molecule has 1 amide bonds. The molecule has 1 saturated heterocycles. The Bertz CT molecular complexity index is 404. The maximum Gasteiger partial charge on any atom is 0.407 e. The smallest absolute Gasteiger partial charge is 0.407 e. The Morgan fingerprint density at radius 1 is 1.47 bits per heavy atom. The number of carbonyl (C=O) groups excluding carboxylic acids is 1. The molecule has 1 aliphatic rings. The molecule has 0 aromatic heterocycles. The molecule has 5 nitrogen and oxygen atoms in total. The van der Waals surface area contributed by atoms with Crippen LogP contribution >= 0.6 is 0 Å². The van der Waals surface area contributed by atoms with Gasteiger partial charge in [0.15, 0.2) is 0 Å². The molecule has 1 heterocycles. The van der Waals surface area contributed by atoms with Crippen molar-refractivity contribution in [1.29, 1.82) is 0 Å². The first-order chi connectivity index (χ1) is 9.16. The summed E-state index contributed by atoms with van der Waals surface area (Å²) in [6, 6.07) is 9.25. The molecule has 1 aromatic carbocycles. The van der Waals surface area contributed by atoms with Gasteiger partial charge >= 0.3 is 6.09 Å². The van der Waals surface area contributed by atoms with Crippen molar-refractivity contribution in [2.24, 2.45) is 5.92 Å². The van der Waals surface area contributed by atoms with Crippen LogP contribution in [0.3, 0.4) is 0 Å². The van der Waals surface area contributed by atoms with Crippen LogP contribution in [0.25, 0.3) is 0 Å². The van der Waals surface area contributed by atoms with Crippen LogP contribution in [0.5, 0.6) is 0 Å². The van der Waals surface area contributed by atoms with Crippen LogP contribution in [0.1, 0.15) is 12.5 Å². The summed E-state index contributed by atoms with van der Waals surface area (Å²) in [7, 11) is 0. The van der Waals surface area contributed by atoms with Gasteiger partial charge in [-0.05, 0) is 12.5 Å². The number of amides is 1. The van der Waals surface area contributed by atoms with Gasteiger partial charge in [0, 0.05) is 19.0 Å². The number of ether oxygens (including phenoxy) is 1. The van der Waals surface area contributed by atoms with Crippen LogP contribution in [0.2, 0.25) is 0 Å². The Kier molecular flexibility index (Phi) is 4.76. The van der Waals surface area contributed by atoms with E-state index in [1.165, 1.54) is 0 Å². The van der Waals surface area contributed by atoms with Crippen molar-refractivity contribution in [2.45, 2.75) is 25.7 Å². The monoisotopic (exact) mass is 264 g/mol. The third kappa shape index (κ3) is 3.94. The van der Waals surface area contributed by atoms with E-state index in [1.807, 2.05) is 30.3 Å². The third-order valence-electron chi connectivity index (χ3n) is 3.34. The zero-order valence-corrected chi connectivity index (χ0v) is 11.0. The first-order valence-electron chi connectivity index (χ1n) is 6.53. The molecule has 1 aliphatic heterocycles. The highest BCUT2D eigenvalue weighted by Crippen LogP contribution is 2.13. The first kappa shape index (κ1) is 13.8. The van der Waals surface area contributed by atoms with E-state index in [2.05, 4.69) is 10.6 Å². The van der Waals surface area contributed by atoms with Crippen LogP contribution in [-0.2, 0) is 11.3 Å². The maximum absolute atomic E-state index is 11.7. The van der Waals surface area contributed by atoms with Gasteiger partial charge in [0.2, 0.25) is 0 Å². The van der Waals surface area contributed by atoms with Gasteiger partial charge in [0.1, 0.15) is 6.61 Å². The summed E-state index contributed by atoms with van der Waals surface area (Å²) in [5.74, 6) is 0.268. The lowest BCUT2D eigenvalue weighted by Gasteiger charge is -2.36. The predicted molar refractivity (Wildman–Crippen MR) is 71.6 cm³/mol. The average Bonchev–Trinajstić information content (AvgIpc) is 2.34. The summed E-state index contributed by atoms with van der Waals surface area (Å²) >= 11 is 0. The maximum atomic E-state index is 11.7. The second-order valence-corrected chi connectivity index (χ2v) is 4.89. The highest BCUT2D eigenvalue weighted by molar-refractivity contribution is 5.67. The number of rotatable bonds is 5. The van der Waals surface area contributed by atoms with E-state index in [9.17, 15) is 9.90 Å². The minimum absolute atomic E-state index is 0.238. The molecule has 104 valence electrons. The van der Waals surface area contributed by atoms with Gasteiger partial charge in [-0.1, -0.05) is 30.3 Å². The summed E-state index contributed by atoms with van der Waals surface area (Å²) in [4.78, 5) is 11.7. The molecule has 0 aliphatic carbocycles. The molecular weight excluding hydrogens is 244 g/mol. The second kappa shape index (κ2) is 6.54. The zero-order chi connectivity index (χ0) is 13.7. The minimum Gasteiger partial charge on any atom is -0.445 e. The molecule has 1 fully saturated rings. The summed E-state index contributed by atoms with van der Waals surface area (Å²) in [5.41, 5.74) is 0.941. The first-order valence-corrected chi connectivity index (χ1v) is 6.53. The summed E-state index contributed by atoms with van der Waals surface area (Å²) in [5, 5.41) is 15.5. The van der Waals surface area contributed by atoms with Crippen molar-refractivity contribution < 1.29 is 14.6 Å². The molecule has 0 spiro atoms. The topological polar surface area (TPSA) is 70.6 Å². The average molecular weight is 264 g/mol. The Balaban J connectivity index is 1.79. The molecule has 2 unspecified atom stereocenters. The molecule has 1 aromatic rings. The Morgan fingerprint density at radius 2 is 2.16 bits per heavy atom. The number of hydrogen-bond acceptors (Lipinski definition) is 4. The summed E-state index contributed by atoms with van der Waals surface area (Å²) in [6.07, 6.45) is -1.07. The van der Waals surface area contributed by atoms with E-state index in [1.54, 1.807) is 6.92 Å². The van der Waals surface area contributed by atoms with E-state index < -0.39 is 12.2 Å². The fourth-order valence-corrected chi connectivity index (χ4v) is 2.10. The second-order valence-electron chi connectivity index (χ2n) is 4.89. The number of benzene rings is 1. The number of aliphatic hydroxyl groups excluding tert-OH is 1. The molecular formula is C14H20N2O3. The highest BCUT2D eigenvalue weighted by atomic mass is 16.5. The Hall–Kier alpha value is -1.59. The van der Waals surface area contributed by atoms with Crippen LogP contribution in [0.15, 0.2) is 30.3 Å². The number of aliphatic hydroxyl groups is 1. The highest BCUT2D eigenvalue weighted by Gasteiger charge is 2.31. The molecule has 5 heteroatoms. The Labute approximate surface area is 113 Å². The van der Waals surface area contributed by atoms with Gasteiger partial charge in [-0.2, -0.15) is 0 Å². The lowest BCUT2D eigenvalue weighted by Crippen LogP contribution is -2.58. The van der Waals surface area contributed by atoms with Gasteiger partial charge in [0.25, 0.3) is 0 Å². The van der Waals surface area contributed by atoms with Crippen LogP contribution in [0, 0.1) is 5.92 Å². The lowest BCUT2D eigenvalue weighted by atomic mass is 9.90. The van der Waals surface area contributed by atoms with Crippen molar-refractivity contribution in [3.05, 3.63) is 35.9 Å². The van der Waals surface area contributed by atoms with Gasteiger partial charge in [-0.25, -0.2) is 4.79 Å². The van der Waals surface area contributed by atoms with Gasteiger partial charge < -0.3 is 20.5 Å². The van der Waals surface area contributed by atoms with Crippen molar-refractivity contribution in [1.82, 2.24) is 10.6 Å². The molecule has 2 atom stereocenters. The molecule has 19 heavy (non-hydrogen) atoms. The number of nitrogens with one attached hydrogen (secondary N) is 2. The standard InChI is InChI=1S/C14H20N2O3/c1-10(17)13(12-7-15-8-12)16-14(18)19-9-11-5-3-2-4-6-11/h2-6,10,12-13,15,17H,7-9H2,1H3,(H,16,18). The van der Waals surface area contributed by atoms with E-state index in [0.717, 1.165) is 18.7 Å². The molecule has 0 radical (unpaired) electrons. The van der Waals surface area contributed by atoms with Crippen molar-refractivity contribution in [2.75, 3.05) is 13.1 Å². The summed E-state index contributed by atoms with van der Waals surface area (Å²) in [6.45, 7) is 3.55. The van der Waals surface area contributed by atoms with Crippen LogP contribution in [-0.4, -0.2) is 36.4 Å². The Morgan fingerprint density at radius 3 is 2.68 bits per heavy atom. The lowest BCUT2D eigenvalue weighted by molar-refractivity contribution is 0.0770. The van der Waals surface area contributed by atoms with Crippen molar-refractivity contribution in [3.8, 4) is 0 Å². The SMILES string of the molecule is CC(O)C(NC(=O)OCc1ccccc1)C1CNC1. The third-order valence-corrected chi connectivity index (χ3v) is 3.34. The van der Waals surface area contributed by atoms with Gasteiger partial charge in [-0.3, -0.25) is 0 Å². The fraction of sp³-hybridized carbons (Fsp3) is 0.500. The number of alkyl carbamates (subject to hydrolysis) is 1. The van der Waals surface area contributed by atoms with Gasteiger partial charge in [-0.15, -0.1) is 0 Å². The van der Waals surface area contributed by atoms with Crippen LogP contribution in [0.4, 0.5) is 4.79 Å². The van der Waals surface area contributed by atoms with E-state index in [4.69, 9.17) is 4.74 Å². The summed E-state index contributed by atoms with van der Waals surface area (Å²) < 4.78 is 5.15. The molecule has 2 rings (SSSR count). The van der Waals surface area contributed by atoms with E-state index >= 15 is 0 Å². The van der Waals surface area contributed by atoms with Gasteiger partial charge in [0.05, 0.1) is 12.1 Å². The minimum atomic E-state index is -0.587. The number of hydrogen-bond donors (Lipinski definition) is 3.